The zero-order valence-corrected chi connectivity index (χ0v) is 18.9. The Morgan fingerprint density at radius 1 is 1.21 bits per heavy atom. The maximum absolute atomic E-state index is 13.3. The molecule has 0 saturated carbocycles. The third kappa shape index (κ3) is 6.60. The maximum Gasteiger partial charge on any atom is 0.435 e. The van der Waals surface area contributed by atoms with Crippen LogP contribution >= 0.6 is 11.6 Å². The lowest BCUT2D eigenvalue weighted by molar-refractivity contribution is -0.141. The van der Waals surface area contributed by atoms with Crippen molar-refractivity contribution < 1.29 is 31.8 Å². The van der Waals surface area contributed by atoms with Gasteiger partial charge in [-0.05, 0) is 49.4 Å². The number of nitrogens with zero attached hydrogens (tertiary/aromatic N) is 5. The van der Waals surface area contributed by atoms with Crippen LogP contribution in [0.4, 0.5) is 22.0 Å². The topological polar surface area (TPSA) is 86.0 Å². The molecule has 13 heteroatoms. The molecule has 7 nitrogen and oxygen atoms in total. The summed E-state index contributed by atoms with van der Waals surface area (Å²) in [5, 5.41) is 21.9. The highest BCUT2D eigenvalue weighted by Gasteiger charge is 2.38. The van der Waals surface area contributed by atoms with Gasteiger partial charge in [0.25, 0.3) is 6.43 Å². The molecule has 34 heavy (non-hydrogen) atoms. The smallest absolute Gasteiger partial charge is 0.435 e. The first-order valence-corrected chi connectivity index (χ1v) is 10.5. The van der Waals surface area contributed by atoms with Gasteiger partial charge in [-0.25, -0.2) is 13.8 Å². The molecular weight excluding hydrogens is 485 g/mol. The number of aliphatic hydroxyl groups is 1. The molecule has 0 aliphatic rings. The molecule has 3 rings (SSSR count). The molecule has 0 aliphatic carbocycles. The molecule has 3 aromatic heterocycles. The van der Waals surface area contributed by atoms with Gasteiger partial charge in [-0.1, -0.05) is 11.6 Å². The average Bonchev–Trinajstić information content (AvgIpc) is 3.13. The van der Waals surface area contributed by atoms with Crippen molar-refractivity contribution in [2.75, 3.05) is 6.61 Å². The molecule has 0 aromatic carbocycles. The fraction of sp³-hybridized carbons (Fsp3) is 0.429. The van der Waals surface area contributed by atoms with Gasteiger partial charge in [0.1, 0.15) is 5.02 Å². The van der Waals surface area contributed by atoms with Crippen LogP contribution in [0.25, 0.3) is 11.3 Å². The van der Waals surface area contributed by atoms with Crippen LogP contribution in [-0.4, -0.2) is 49.2 Å². The Kier molecular flexibility index (Phi) is 8.03. The molecule has 0 aliphatic heterocycles. The number of halogens is 6. The molecule has 184 valence electrons. The van der Waals surface area contributed by atoms with E-state index >= 15 is 0 Å². The van der Waals surface area contributed by atoms with Crippen LogP contribution < -0.4 is 4.74 Å². The lowest BCUT2D eigenvalue weighted by Gasteiger charge is -2.12. The molecule has 3 heterocycles. The van der Waals surface area contributed by atoms with E-state index in [1.807, 2.05) is 0 Å². The number of aryl methyl sites for hydroxylation is 3. The highest BCUT2D eigenvalue weighted by Crippen LogP contribution is 2.36. The highest BCUT2D eigenvalue weighted by molar-refractivity contribution is 6.31. The summed E-state index contributed by atoms with van der Waals surface area (Å²) >= 11 is 5.98. The number of hydrogen-bond donors (Lipinski definition) is 1. The number of rotatable bonds is 9. The molecule has 0 spiro atoms. The Balaban J connectivity index is 1.62. The maximum atomic E-state index is 13.3. The molecule has 0 bridgehead atoms. The molecule has 1 N–H and O–H groups in total. The van der Waals surface area contributed by atoms with Gasteiger partial charge in [-0.2, -0.15) is 23.4 Å². The van der Waals surface area contributed by atoms with Crippen LogP contribution in [0.3, 0.4) is 0 Å². The Hall–Kier alpha value is -2.86. The van der Waals surface area contributed by atoms with E-state index in [2.05, 4.69) is 20.3 Å². The minimum absolute atomic E-state index is 0.0519. The second kappa shape index (κ2) is 10.6. The second-order valence-corrected chi connectivity index (χ2v) is 8.07. The van der Waals surface area contributed by atoms with Crippen LogP contribution in [0.2, 0.25) is 5.02 Å². The normalized spacial score (nSPS) is 12.9. The van der Waals surface area contributed by atoms with Crippen LogP contribution in [0.1, 0.15) is 28.9 Å². The zero-order valence-electron chi connectivity index (χ0n) is 18.2. The van der Waals surface area contributed by atoms with Crippen LogP contribution in [0, 0.1) is 6.92 Å². The van der Waals surface area contributed by atoms with Gasteiger partial charge in [0.15, 0.2) is 12.3 Å². The standard InChI is InChI=1S/C21H21ClF5N5O2/c1-11-5-13(29-30-18(11)15-9-32(2)31-19(15)21(25,26)27)3-4-14(33)6-12-7-16(22)20(28-8-12)34-10-17(23)24/h5,7-9,14,17,33H,3-4,6,10H2,1-2H3. The summed E-state index contributed by atoms with van der Waals surface area (Å²) in [4.78, 5) is 3.89. The lowest BCUT2D eigenvalue weighted by Crippen LogP contribution is -2.13. The van der Waals surface area contributed by atoms with Gasteiger partial charge in [-0.3, -0.25) is 4.68 Å². The van der Waals surface area contributed by atoms with Crippen molar-refractivity contribution in [3.05, 3.63) is 52.1 Å². The van der Waals surface area contributed by atoms with Crippen LogP contribution in [-0.2, 0) is 26.1 Å². The number of pyridine rings is 1. The summed E-state index contributed by atoms with van der Waals surface area (Å²) in [6.45, 7) is 0.800. The van der Waals surface area contributed by atoms with Crippen molar-refractivity contribution in [1.82, 2.24) is 25.0 Å². The summed E-state index contributed by atoms with van der Waals surface area (Å²) < 4.78 is 70.1. The Labute approximate surface area is 196 Å². The molecule has 0 radical (unpaired) electrons. The van der Waals surface area contributed by atoms with E-state index in [-0.39, 0.29) is 35.0 Å². The molecule has 1 unspecified atom stereocenters. The van der Waals surface area contributed by atoms with Crippen molar-refractivity contribution in [3.8, 4) is 17.1 Å². The number of ether oxygens (including phenoxy) is 1. The zero-order chi connectivity index (χ0) is 25.0. The van der Waals surface area contributed by atoms with Crippen molar-refractivity contribution >= 4 is 11.6 Å². The quantitative estimate of drug-likeness (QED) is 0.433. The van der Waals surface area contributed by atoms with Crippen LogP contribution in [0.5, 0.6) is 5.88 Å². The first-order chi connectivity index (χ1) is 15.9. The van der Waals surface area contributed by atoms with Crippen LogP contribution in [0.15, 0.2) is 24.5 Å². The van der Waals surface area contributed by atoms with Crippen molar-refractivity contribution in [3.63, 3.8) is 0 Å². The van der Waals surface area contributed by atoms with Gasteiger partial charge in [0.05, 0.1) is 23.1 Å². The third-order valence-electron chi connectivity index (χ3n) is 4.80. The fourth-order valence-electron chi connectivity index (χ4n) is 3.31. The van der Waals surface area contributed by atoms with E-state index in [4.69, 9.17) is 16.3 Å². The molecule has 0 amide bonds. The average molecular weight is 506 g/mol. The van der Waals surface area contributed by atoms with E-state index in [0.717, 1.165) is 4.68 Å². The molecule has 0 fully saturated rings. The summed E-state index contributed by atoms with van der Waals surface area (Å²) in [6, 6.07) is 3.10. The molecule has 1 atom stereocenters. The van der Waals surface area contributed by atoms with E-state index in [0.29, 0.717) is 23.2 Å². The summed E-state index contributed by atoms with van der Waals surface area (Å²) in [6.07, 6.45) is -4.66. The Morgan fingerprint density at radius 3 is 2.56 bits per heavy atom. The predicted octanol–water partition coefficient (Wildman–Crippen LogP) is 4.43. The van der Waals surface area contributed by atoms with E-state index < -0.39 is 31.0 Å². The van der Waals surface area contributed by atoms with Gasteiger partial charge in [-0.15, -0.1) is 5.10 Å². The largest absolute Gasteiger partial charge is 0.471 e. The minimum atomic E-state index is -4.63. The fourth-order valence-corrected chi connectivity index (χ4v) is 3.56. The molecule has 3 aromatic rings. The summed E-state index contributed by atoms with van der Waals surface area (Å²) in [5.74, 6) is -0.117. The summed E-state index contributed by atoms with van der Waals surface area (Å²) in [5.41, 5.74) is 0.471. The monoisotopic (exact) mass is 505 g/mol. The molecule has 0 saturated heterocycles. The number of aliphatic hydroxyl groups excluding tert-OH is 1. The van der Waals surface area contributed by atoms with Crippen molar-refractivity contribution in [2.24, 2.45) is 7.05 Å². The van der Waals surface area contributed by atoms with E-state index in [1.165, 1.54) is 25.5 Å². The van der Waals surface area contributed by atoms with Crippen molar-refractivity contribution in [1.29, 1.82) is 0 Å². The van der Waals surface area contributed by atoms with Gasteiger partial charge in [0.2, 0.25) is 5.88 Å². The SMILES string of the molecule is Cc1cc(CCC(O)Cc2cnc(OCC(F)F)c(Cl)c2)nnc1-c1cn(C)nc1C(F)(F)F. The number of hydrogen-bond acceptors (Lipinski definition) is 6. The second-order valence-electron chi connectivity index (χ2n) is 7.66. The van der Waals surface area contributed by atoms with E-state index in [1.54, 1.807) is 13.0 Å². The minimum Gasteiger partial charge on any atom is -0.471 e. The number of aromatic nitrogens is 5. The van der Waals surface area contributed by atoms with E-state index in [9.17, 15) is 27.1 Å². The third-order valence-corrected chi connectivity index (χ3v) is 5.07. The first-order valence-electron chi connectivity index (χ1n) is 10.1. The van der Waals surface area contributed by atoms with Gasteiger partial charge < -0.3 is 9.84 Å². The Morgan fingerprint density at radius 2 is 1.94 bits per heavy atom. The number of alkyl halides is 5. The predicted molar refractivity (Wildman–Crippen MR) is 113 cm³/mol. The Bertz CT molecular complexity index is 1140. The highest BCUT2D eigenvalue weighted by atomic mass is 35.5. The lowest BCUT2D eigenvalue weighted by atomic mass is 10.0. The molecular formula is C21H21ClF5N5O2. The first kappa shape index (κ1) is 25.8. The summed E-state index contributed by atoms with van der Waals surface area (Å²) in [7, 11) is 1.39. The van der Waals surface area contributed by atoms with Crippen molar-refractivity contribution in [2.45, 2.75) is 44.9 Å². The van der Waals surface area contributed by atoms with Gasteiger partial charge >= 0.3 is 6.18 Å². The van der Waals surface area contributed by atoms with Gasteiger partial charge in [0, 0.05) is 19.4 Å².